The van der Waals surface area contributed by atoms with Crippen molar-refractivity contribution in [2.45, 2.75) is 82.6 Å². The van der Waals surface area contributed by atoms with E-state index >= 15 is 0 Å². The van der Waals surface area contributed by atoms with Crippen LogP contribution in [0.3, 0.4) is 0 Å². The van der Waals surface area contributed by atoms with Crippen LogP contribution in [0.25, 0.3) is 0 Å². The first-order valence-corrected chi connectivity index (χ1v) is 13.3. The van der Waals surface area contributed by atoms with Crippen molar-refractivity contribution in [2.75, 3.05) is 16.8 Å². The van der Waals surface area contributed by atoms with Crippen molar-refractivity contribution in [2.24, 2.45) is 0 Å². The maximum absolute atomic E-state index is 13.3. The predicted molar refractivity (Wildman–Crippen MR) is 135 cm³/mol. The van der Waals surface area contributed by atoms with Crippen molar-refractivity contribution >= 4 is 23.4 Å². The lowest BCUT2D eigenvalue weighted by Gasteiger charge is -2.35. The van der Waals surface area contributed by atoms with E-state index in [1.54, 1.807) is 6.07 Å². The second-order valence-electron chi connectivity index (χ2n) is 10.3. The molecule has 1 atom stereocenters. The minimum Gasteiger partial charge on any atom is -0.331 e. The zero-order valence-corrected chi connectivity index (χ0v) is 20.5. The minimum atomic E-state index is -0.538. The first kappa shape index (κ1) is 23.1. The summed E-state index contributed by atoms with van der Waals surface area (Å²) in [7, 11) is 0. The number of piperidine rings is 1. The highest BCUT2D eigenvalue weighted by Gasteiger charge is 2.32. The summed E-state index contributed by atoms with van der Waals surface area (Å²) in [6, 6.07) is 4.75. The number of aryl methyl sites for hydroxylation is 1. The number of carbonyl (C=O) groups excluding carboxylic acids is 1. The normalized spacial score (nSPS) is 20.0. The number of nitrogens with zero attached hydrogens (tertiary/aromatic N) is 5. The number of pyridine rings is 1. The van der Waals surface area contributed by atoms with Crippen LogP contribution < -0.4 is 10.2 Å². The number of halogens is 1. The van der Waals surface area contributed by atoms with E-state index in [1.165, 1.54) is 43.6 Å². The molecule has 2 N–H and O–H groups in total. The fraction of sp³-hybridized carbons (Fsp3) is 0.519. The summed E-state index contributed by atoms with van der Waals surface area (Å²) in [5.74, 6) is 2.32. The van der Waals surface area contributed by atoms with Crippen LogP contribution in [-0.2, 0) is 24.1 Å². The van der Waals surface area contributed by atoms with Gasteiger partial charge >= 0.3 is 0 Å². The average molecular weight is 490 g/mol. The third kappa shape index (κ3) is 4.70. The Morgan fingerprint density at radius 2 is 1.94 bits per heavy atom. The summed E-state index contributed by atoms with van der Waals surface area (Å²) < 4.78 is 13.2. The van der Waals surface area contributed by atoms with Crippen molar-refractivity contribution < 1.29 is 9.18 Å². The van der Waals surface area contributed by atoms with Gasteiger partial charge in [-0.2, -0.15) is 14.5 Å². The van der Waals surface area contributed by atoms with Crippen LogP contribution in [0.4, 0.5) is 22.0 Å². The van der Waals surface area contributed by atoms with Gasteiger partial charge in [-0.15, -0.1) is 0 Å². The molecule has 4 heterocycles. The van der Waals surface area contributed by atoms with Gasteiger partial charge in [0.25, 0.3) is 0 Å². The van der Waals surface area contributed by atoms with Crippen LogP contribution in [0.1, 0.15) is 79.8 Å². The van der Waals surface area contributed by atoms with Crippen molar-refractivity contribution in [1.29, 1.82) is 0 Å². The molecule has 3 aromatic heterocycles. The van der Waals surface area contributed by atoms with Gasteiger partial charge in [0.15, 0.2) is 11.6 Å². The Hall–Kier alpha value is -3.36. The first-order chi connectivity index (χ1) is 17.6. The van der Waals surface area contributed by atoms with E-state index in [0.717, 1.165) is 73.5 Å². The van der Waals surface area contributed by atoms with Crippen molar-refractivity contribution in [3.05, 3.63) is 52.9 Å². The lowest BCUT2D eigenvalue weighted by molar-refractivity contribution is -0.120. The number of hydrogen-bond donors (Lipinski definition) is 2. The summed E-state index contributed by atoms with van der Waals surface area (Å²) in [6.45, 7) is 0.741. The van der Waals surface area contributed by atoms with Crippen LogP contribution in [-0.4, -0.2) is 43.5 Å². The zero-order valence-electron chi connectivity index (χ0n) is 20.5. The zero-order chi connectivity index (χ0) is 24.5. The number of nitrogens with one attached hydrogen (secondary N) is 2. The fourth-order valence-electron chi connectivity index (χ4n) is 5.95. The summed E-state index contributed by atoms with van der Waals surface area (Å²) in [5.41, 5.74) is 4.13. The standard InChI is InChI=1S/C27H32FN7O/c28-24-12-11-17(16-29-24)14-23(36)22-10-3-4-13-35(22)27-30-20-9-5-8-19(20)26(32-27)31-25-15-21(33-34-25)18-6-1-2-7-18/h11-12,15-16,18,22H,1-10,13-14H2,(H2,30,31,32,33,34). The number of aromatic nitrogens is 5. The van der Waals surface area contributed by atoms with E-state index in [1.807, 2.05) is 0 Å². The molecule has 2 aliphatic carbocycles. The van der Waals surface area contributed by atoms with E-state index < -0.39 is 5.95 Å². The predicted octanol–water partition coefficient (Wildman–Crippen LogP) is 4.79. The number of aromatic amines is 1. The highest BCUT2D eigenvalue weighted by molar-refractivity contribution is 5.88. The molecule has 0 bridgehead atoms. The van der Waals surface area contributed by atoms with Crippen molar-refractivity contribution in [3.63, 3.8) is 0 Å². The van der Waals surface area contributed by atoms with Crippen LogP contribution in [0.15, 0.2) is 24.4 Å². The maximum atomic E-state index is 13.3. The molecule has 188 valence electrons. The number of Topliss-reactive ketones (excluding diaryl/α,β-unsaturated/α-hetero) is 1. The Morgan fingerprint density at radius 1 is 1.08 bits per heavy atom. The molecular weight excluding hydrogens is 457 g/mol. The molecule has 0 radical (unpaired) electrons. The summed E-state index contributed by atoms with van der Waals surface area (Å²) in [6.07, 6.45) is 12.3. The molecule has 1 saturated heterocycles. The van der Waals surface area contributed by atoms with Gasteiger partial charge in [-0.05, 0) is 63.0 Å². The SMILES string of the molecule is O=C(Cc1ccc(F)nc1)C1CCCCN1c1nc2c(c(Nc3cc(C4CCCC4)[nH]n3)n1)CCC2. The Balaban J connectivity index is 1.25. The molecule has 0 aromatic carbocycles. The monoisotopic (exact) mass is 489 g/mol. The molecule has 36 heavy (non-hydrogen) atoms. The topological polar surface area (TPSA) is 99.7 Å². The maximum Gasteiger partial charge on any atom is 0.228 e. The highest BCUT2D eigenvalue weighted by Crippen LogP contribution is 2.35. The van der Waals surface area contributed by atoms with Gasteiger partial charge < -0.3 is 10.2 Å². The fourth-order valence-corrected chi connectivity index (χ4v) is 5.95. The average Bonchev–Trinajstić information content (AvgIpc) is 3.67. The van der Waals surface area contributed by atoms with E-state index in [9.17, 15) is 9.18 Å². The summed E-state index contributed by atoms with van der Waals surface area (Å²) in [4.78, 5) is 29.0. The van der Waals surface area contributed by atoms with Crippen LogP contribution in [0.2, 0.25) is 0 Å². The third-order valence-corrected chi connectivity index (χ3v) is 7.86. The Bertz CT molecular complexity index is 1240. The molecule has 0 amide bonds. The number of carbonyl (C=O) groups is 1. The number of anilines is 3. The van der Waals surface area contributed by atoms with Gasteiger partial charge in [0.05, 0.1) is 11.7 Å². The van der Waals surface area contributed by atoms with Crippen LogP contribution >= 0.6 is 0 Å². The van der Waals surface area contributed by atoms with E-state index in [4.69, 9.17) is 9.97 Å². The van der Waals surface area contributed by atoms with E-state index in [2.05, 4.69) is 31.5 Å². The summed E-state index contributed by atoms with van der Waals surface area (Å²) in [5, 5.41) is 11.2. The minimum absolute atomic E-state index is 0.0928. The van der Waals surface area contributed by atoms with E-state index in [-0.39, 0.29) is 18.2 Å². The first-order valence-electron chi connectivity index (χ1n) is 13.3. The number of H-pyrrole nitrogens is 1. The quantitative estimate of drug-likeness (QED) is 0.460. The third-order valence-electron chi connectivity index (χ3n) is 7.86. The van der Waals surface area contributed by atoms with Crippen LogP contribution in [0.5, 0.6) is 0 Å². The molecule has 2 fully saturated rings. The van der Waals surface area contributed by atoms with Gasteiger partial charge in [0.2, 0.25) is 11.9 Å². The lowest BCUT2D eigenvalue weighted by atomic mass is 9.95. The molecule has 3 aliphatic rings. The second kappa shape index (κ2) is 9.95. The molecule has 1 aliphatic heterocycles. The number of ketones is 1. The molecule has 0 spiro atoms. The smallest absolute Gasteiger partial charge is 0.228 e. The van der Waals surface area contributed by atoms with E-state index in [0.29, 0.717) is 11.9 Å². The van der Waals surface area contributed by atoms with Gasteiger partial charge in [0.1, 0.15) is 5.82 Å². The molecule has 6 rings (SSSR count). The van der Waals surface area contributed by atoms with Crippen molar-refractivity contribution in [1.82, 2.24) is 25.1 Å². The number of hydrogen-bond acceptors (Lipinski definition) is 7. The Labute approximate surface area is 210 Å². The highest BCUT2D eigenvalue weighted by atomic mass is 19.1. The van der Waals surface area contributed by atoms with Gasteiger partial charge in [-0.3, -0.25) is 9.89 Å². The Kier molecular flexibility index (Phi) is 6.37. The van der Waals surface area contributed by atoms with Gasteiger partial charge in [-0.25, -0.2) is 9.97 Å². The van der Waals surface area contributed by atoms with Crippen molar-refractivity contribution in [3.8, 4) is 0 Å². The largest absolute Gasteiger partial charge is 0.331 e. The number of fused-ring (bicyclic) bond motifs is 1. The summed E-state index contributed by atoms with van der Waals surface area (Å²) >= 11 is 0. The number of rotatable bonds is 7. The molecule has 1 unspecified atom stereocenters. The molecular formula is C27H32FN7O. The molecule has 9 heteroatoms. The molecule has 8 nitrogen and oxygen atoms in total. The lowest BCUT2D eigenvalue weighted by Crippen LogP contribution is -2.46. The van der Waals surface area contributed by atoms with Gasteiger partial charge in [0, 0.05) is 42.4 Å². The van der Waals surface area contributed by atoms with Gasteiger partial charge in [-0.1, -0.05) is 18.9 Å². The second-order valence-corrected chi connectivity index (χ2v) is 10.3. The molecule has 1 saturated carbocycles. The van der Waals surface area contributed by atoms with Crippen LogP contribution in [0, 0.1) is 5.95 Å². The Morgan fingerprint density at radius 3 is 2.78 bits per heavy atom. The molecule has 3 aromatic rings.